The molecule has 0 radical (unpaired) electrons. The molecule has 14 heavy (non-hydrogen) atoms. The molecule has 0 aromatic heterocycles. The number of rotatable bonds is 5. The molecule has 1 rings (SSSR count). The standard InChI is InChI=1S/C11H16FNS/c1-3-13-8-9-6-5-7-10(12)11(9)14-4-2/h5-7,13H,3-4,8H2,1-2H3. The van der Waals surface area contributed by atoms with E-state index < -0.39 is 0 Å². The first-order valence-corrected chi connectivity index (χ1v) is 5.89. The molecular weight excluding hydrogens is 197 g/mol. The molecule has 0 heterocycles. The van der Waals surface area contributed by atoms with Crippen molar-refractivity contribution < 1.29 is 4.39 Å². The van der Waals surface area contributed by atoms with Gasteiger partial charge in [0.05, 0.1) is 0 Å². The Kier molecular flexibility index (Phi) is 4.98. The predicted molar refractivity (Wildman–Crippen MR) is 60.2 cm³/mol. The van der Waals surface area contributed by atoms with Gasteiger partial charge in [0.2, 0.25) is 0 Å². The number of hydrogen-bond acceptors (Lipinski definition) is 2. The molecule has 0 saturated heterocycles. The van der Waals surface area contributed by atoms with E-state index in [0.717, 1.165) is 29.3 Å². The highest BCUT2D eigenvalue weighted by Crippen LogP contribution is 2.25. The van der Waals surface area contributed by atoms with Crippen molar-refractivity contribution in [2.24, 2.45) is 0 Å². The fourth-order valence-electron chi connectivity index (χ4n) is 1.26. The lowest BCUT2D eigenvalue weighted by Gasteiger charge is -2.09. The van der Waals surface area contributed by atoms with Crippen molar-refractivity contribution in [3.05, 3.63) is 29.6 Å². The number of thioether (sulfide) groups is 1. The largest absolute Gasteiger partial charge is 0.313 e. The molecule has 0 aliphatic carbocycles. The molecule has 0 bridgehead atoms. The summed E-state index contributed by atoms with van der Waals surface area (Å²) in [6.45, 7) is 5.74. The summed E-state index contributed by atoms with van der Waals surface area (Å²) in [5.74, 6) is 0.798. The minimum Gasteiger partial charge on any atom is -0.313 e. The van der Waals surface area contributed by atoms with Gasteiger partial charge in [0.1, 0.15) is 5.82 Å². The Hall–Kier alpha value is -0.540. The fourth-order valence-corrected chi connectivity index (χ4v) is 2.08. The fraction of sp³-hybridized carbons (Fsp3) is 0.455. The number of hydrogen-bond donors (Lipinski definition) is 1. The highest BCUT2D eigenvalue weighted by molar-refractivity contribution is 7.99. The second-order valence-electron chi connectivity index (χ2n) is 2.94. The summed E-state index contributed by atoms with van der Waals surface area (Å²) in [6, 6.07) is 5.26. The molecule has 0 atom stereocenters. The molecule has 3 heteroatoms. The van der Waals surface area contributed by atoms with Crippen LogP contribution in [-0.4, -0.2) is 12.3 Å². The van der Waals surface area contributed by atoms with Crippen molar-refractivity contribution in [2.45, 2.75) is 25.3 Å². The van der Waals surface area contributed by atoms with E-state index in [2.05, 4.69) is 5.32 Å². The molecule has 0 amide bonds. The topological polar surface area (TPSA) is 12.0 Å². The minimum atomic E-state index is -0.104. The van der Waals surface area contributed by atoms with E-state index in [-0.39, 0.29) is 5.82 Å². The van der Waals surface area contributed by atoms with Crippen LogP contribution in [0, 0.1) is 5.82 Å². The third kappa shape index (κ3) is 3.00. The third-order valence-electron chi connectivity index (χ3n) is 1.90. The van der Waals surface area contributed by atoms with Crippen LogP contribution in [0.5, 0.6) is 0 Å². The van der Waals surface area contributed by atoms with Crippen LogP contribution >= 0.6 is 11.8 Å². The first kappa shape index (κ1) is 11.5. The maximum Gasteiger partial charge on any atom is 0.137 e. The molecule has 0 saturated carbocycles. The molecule has 0 aliphatic rings. The van der Waals surface area contributed by atoms with Crippen LogP contribution in [-0.2, 0) is 6.54 Å². The number of benzene rings is 1. The Morgan fingerprint density at radius 2 is 2.14 bits per heavy atom. The van der Waals surface area contributed by atoms with Gasteiger partial charge in [-0.3, -0.25) is 0 Å². The second kappa shape index (κ2) is 6.04. The van der Waals surface area contributed by atoms with Gasteiger partial charge < -0.3 is 5.32 Å². The molecule has 0 spiro atoms. The van der Waals surface area contributed by atoms with Gasteiger partial charge in [0, 0.05) is 11.4 Å². The molecule has 1 aromatic carbocycles. The van der Waals surface area contributed by atoms with Crippen LogP contribution in [0.1, 0.15) is 19.4 Å². The van der Waals surface area contributed by atoms with Gasteiger partial charge in [-0.2, -0.15) is 0 Å². The van der Waals surface area contributed by atoms with Gasteiger partial charge in [0.15, 0.2) is 0 Å². The van der Waals surface area contributed by atoms with Crippen LogP contribution < -0.4 is 5.32 Å². The monoisotopic (exact) mass is 213 g/mol. The van der Waals surface area contributed by atoms with E-state index in [4.69, 9.17) is 0 Å². The van der Waals surface area contributed by atoms with Crippen LogP contribution in [0.25, 0.3) is 0 Å². The Bertz CT molecular complexity index is 289. The Balaban J connectivity index is 2.83. The lowest BCUT2D eigenvalue weighted by molar-refractivity contribution is 0.591. The quantitative estimate of drug-likeness (QED) is 0.754. The van der Waals surface area contributed by atoms with Crippen molar-refractivity contribution in [3.63, 3.8) is 0 Å². The third-order valence-corrected chi connectivity index (χ3v) is 2.94. The zero-order chi connectivity index (χ0) is 10.4. The number of halogens is 1. The van der Waals surface area contributed by atoms with Crippen molar-refractivity contribution in [2.75, 3.05) is 12.3 Å². The average molecular weight is 213 g/mol. The molecule has 1 nitrogen and oxygen atoms in total. The second-order valence-corrected chi connectivity index (χ2v) is 4.22. The Morgan fingerprint density at radius 1 is 1.36 bits per heavy atom. The van der Waals surface area contributed by atoms with Gasteiger partial charge in [-0.15, -0.1) is 11.8 Å². The molecule has 0 unspecified atom stereocenters. The maximum atomic E-state index is 13.4. The van der Waals surface area contributed by atoms with Crippen LogP contribution in [0.15, 0.2) is 23.1 Å². The van der Waals surface area contributed by atoms with E-state index in [1.54, 1.807) is 17.8 Å². The van der Waals surface area contributed by atoms with Crippen molar-refractivity contribution >= 4 is 11.8 Å². The maximum absolute atomic E-state index is 13.4. The molecular formula is C11H16FNS. The van der Waals surface area contributed by atoms with Crippen molar-refractivity contribution in [1.29, 1.82) is 0 Å². The average Bonchev–Trinajstić information content (AvgIpc) is 2.19. The SMILES string of the molecule is CCNCc1cccc(F)c1SCC. The van der Waals surface area contributed by atoms with Gasteiger partial charge in [-0.25, -0.2) is 4.39 Å². The van der Waals surface area contributed by atoms with E-state index >= 15 is 0 Å². The van der Waals surface area contributed by atoms with Gasteiger partial charge in [-0.05, 0) is 23.9 Å². The molecule has 0 fully saturated rings. The first-order chi connectivity index (χ1) is 6.79. The van der Waals surface area contributed by atoms with Crippen molar-refractivity contribution in [3.8, 4) is 0 Å². The van der Waals surface area contributed by atoms with E-state index in [0.29, 0.717) is 0 Å². The lowest BCUT2D eigenvalue weighted by atomic mass is 10.2. The highest BCUT2D eigenvalue weighted by Gasteiger charge is 2.06. The van der Waals surface area contributed by atoms with Gasteiger partial charge in [0.25, 0.3) is 0 Å². The van der Waals surface area contributed by atoms with Crippen LogP contribution in [0.3, 0.4) is 0 Å². The predicted octanol–water partition coefficient (Wildman–Crippen LogP) is 3.05. The van der Waals surface area contributed by atoms with Crippen molar-refractivity contribution in [1.82, 2.24) is 5.32 Å². The molecule has 78 valence electrons. The number of nitrogens with one attached hydrogen (secondary N) is 1. The molecule has 0 aliphatic heterocycles. The summed E-state index contributed by atoms with van der Waals surface area (Å²) in [5.41, 5.74) is 1.05. The first-order valence-electron chi connectivity index (χ1n) is 4.90. The van der Waals surface area contributed by atoms with E-state index in [1.807, 2.05) is 19.9 Å². The zero-order valence-corrected chi connectivity index (χ0v) is 9.46. The summed E-state index contributed by atoms with van der Waals surface area (Å²) in [7, 11) is 0. The smallest absolute Gasteiger partial charge is 0.137 e. The summed E-state index contributed by atoms with van der Waals surface area (Å²) in [6.07, 6.45) is 0. The van der Waals surface area contributed by atoms with E-state index in [9.17, 15) is 4.39 Å². The van der Waals surface area contributed by atoms with Crippen LogP contribution in [0.2, 0.25) is 0 Å². The molecule has 1 aromatic rings. The Labute approximate surface area is 89.1 Å². The van der Waals surface area contributed by atoms with Crippen LogP contribution in [0.4, 0.5) is 4.39 Å². The highest BCUT2D eigenvalue weighted by atomic mass is 32.2. The lowest BCUT2D eigenvalue weighted by Crippen LogP contribution is -2.12. The summed E-state index contributed by atoms with van der Waals surface area (Å²) < 4.78 is 13.4. The summed E-state index contributed by atoms with van der Waals surface area (Å²) in [5, 5.41) is 3.21. The summed E-state index contributed by atoms with van der Waals surface area (Å²) in [4.78, 5) is 0.788. The Morgan fingerprint density at radius 3 is 2.79 bits per heavy atom. The zero-order valence-electron chi connectivity index (χ0n) is 8.64. The summed E-state index contributed by atoms with van der Waals surface area (Å²) >= 11 is 1.56. The minimum absolute atomic E-state index is 0.104. The normalized spacial score (nSPS) is 10.5. The van der Waals surface area contributed by atoms with Gasteiger partial charge in [-0.1, -0.05) is 26.0 Å². The molecule has 1 N–H and O–H groups in total. The van der Waals surface area contributed by atoms with E-state index in [1.165, 1.54) is 6.07 Å². The van der Waals surface area contributed by atoms with Gasteiger partial charge >= 0.3 is 0 Å².